The number of hydrogen-bond acceptors (Lipinski definition) is 2. The van der Waals surface area contributed by atoms with E-state index < -0.39 is 23.8 Å². The van der Waals surface area contributed by atoms with Crippen LogP contribution in [-0.4, -0.2) is 22.3 Å². The molecule has 0 aliphatic carbocycles. The van der Waals surface area contributed by atoms with Crippen LogP contribution in [-0.2, 0) is 17.4 Å². The quantitative estimate of drug-likeness (QED) is 0.857. The Morgan fingerprint density at radius 2 is 1.78 bits per heavy atom. The third-order valence-corrected chi connectivity index (χ3v) is 2.51. The van der Waals surface area contributed by atoms with Gasteiger partial charge < -0.3 is 10.2 Å². The monoisotopic (exact) mass is 262 g/mol. The maximum atomic E-state index is 12.3. The smallest absolute Gasteiger partial charge is 0.416 e. The maximum Gasteiger partial charge on any atom is 0.416 e. The predicted octanol–water partition coefficient (Wildman–Crippen LogP) is 2.47. The normalized spacial score (nSPS) is 13.3. The Labute approximate surface area is 102 Å². The number of halogens is 3. The van der Waals surface area contributed by atoms with Gasteiger partial charge in [-0.25, -0.2) is 4.79 Å². The minimum absolute atomic E-state index is 0.0797. The molecular formula is C12H13F3O3. The van der Waals surface area contributed by atoms with Crippen molar-refractivity contribution in [2.45, 2.75) is 31.5 Å². The fourth-order valence-electron chi connectivity index (χ4n) is 1.48. The molecule has 1 atom stereocenters. The van der Waals surface area contributed by atoms with Crippen LogP contribution in [0.15, 0.2) is 24.3 Å². The van der Waals surface area contributed by atoms with E-state index in [1.54, 1.807) is 0 Å². The van der Waals surface area contributed by atoms with E-state index in [2.05, 4.69) is 0 Å². The molecule has 1 rings (SSSR count). The summed E-state index contributed by atoms with van der Waals surface area (Å²) in [6.07, 6.45) is -4.85. The van der Waals surface area contributed by atoms with E-state index in [0.717, 1.165) is 12.1 Å². The Hall–Kier alpha value is -1.56. The fourth-order valence-corrected chi connectivity index (χ4v) is 1.48. The fraction of sp³-hybridized carbons (Fsp3) is 0.417. The highest BCUT2D eigenvalue weighted by Crippen LogP contribution is 2.29. The van der Waals surface area contributed by atoms with Gasteiger partial charge in [0.25, 0.3) is 0 Å². The average Bonchev–Trinajstić information content (AvgIpc) is 2.28. The van der Waals surface area contributed by atoms with Crippen molar-refractivity contribution in [1.29, 1.82) is 0 Å². The Kier molecular flexibility index (Phi) is 4.72. The van der Waals surface area contributed by atoms with Crippen LogP contribution in [0.25, 0.3) is 0 Å². The SMILES string of the molecule is O=C(O)C(O)CCCc1ccc(C(F)(F)F)cc1. The second-order valence-corrected chi connectivity index (χ2v) is 3.94. The van der Waals surface area contributed by atoms with Gasteiger partial charge >= 0.3 is 12.1 Å². The lowest BCUT2D eigenvalue weighted by Crippen LogP contribution is -2.19. The first-order valence-corrected chi connectivity index (χ1v) is 5.37. The topological polar surface area (TPSA) is 57.5 Å². The van der Waals surface area contributed by atoms with E-state index in [-0.39, 0.29) is 6.42 Å². The van der Waals surface area contributed by atoms with Crippen molar-refractivity contribution >= 4 is 5.97 Å². The number of carboxylic acid groups (broad SMARTS) is 1. The molecular weight excluding hydrogens is 249 g/mol. The minimum atomic E-state index is -4.35. The number of alkyl halides is 3. The molecule has 0 aromatic heterocycles. The van der Waals surface area contributed by atoms with Gasteiger partial charge in [0.1, 0.15) is 0 Å². The van der Waals surface area contributed by atoms with Crippen molar-refractivity contribution in [1.82, 2.24) is 0 Å². The number of benzene rings is 1. The van der Waals surface area contributed by atoms with Gasteiger partial charge in [0.05, 0.1) is 5.56 Å². The van der Waals surface area contributed by atoms with Gasteiger partial charge in [0.15, 0.2) is 6.10 Å². The molecule has 1 aromatic carbocycles. The molecule has 18 heavy (non-hydrogen) atoms. The van der Waals surface area contributed by atoms with Gasteiger partial charge in [0.2, 0.25) is 0 Å². The summed E-state index contributed by atoms with van der Waals surface area (Å²) in [5.74, 6) is -1.29. The largest absolute Gasteiger partial charge is 0.479 e. The minimum Gasteiger partial charge on any atom is -0.479 e. The van der Waals surface area contributed by atoms with Crippen LogP contribution < -0.4 is 0 Å². The van der Waals surface area contributed by atoms with Crippen molar-refractivity contribution < 1.29 is 28.2 Å². The first kappa shape index (κ1) is 14.5. The lowest BCUT2D eigenvalue weighted by molar-refractivity contribution is -0.147. The molecule has 1 aromatic rings. The van der Waals surface area contributed by atoms with Crippen LogP contribution in [0.4, 0.5) is 13.2 Å². The molecule has 0 fully saturated rings. The van der Waals surface area contributed by atoms with E-state index in [4.69, 9.17) is 10.2 Å². The van der Waals surface area contributed by atoms with E-state index in [1.807, 2.05) is 0 Å². The number of carboxylic acids is 1. The standard InChI is InChI=1S/C12H13F3O3/c13-12(14,15)9-6-4-8(5-7-9)2-1-3-10(16)11(17)18/h4-7,10,16H,1-3H2,(H,17,18). The summed E-state index contributed by atoms with van der Waals surface area (Å²) >= 11 is 0. The van der Waals surface area contributed by atoms with Gasteiger partial charge in [-0.2, -0.15) is 13.2 Å². The van der Waals surface area contributed by atoms with Crippen LogP contribution in [0.3, 0.4) is 0 Å². The highest BCUT2D eigenvalue weighted by atomic mass is 19.4. The number of aryl methyl sites for hydroxylation is 1. The third-order valence-electron chi connectivity index (χ3n) is 2.51. The van der Waals surface area contributed by atoms with Crippen LogP contribution in [0.1, 0.15) is 24.0 Å². The van der Waals surface area contributed by atoms with Crippen LogP contribution in [0, 0.1) is 0 Å². The second-order valence-electron chi connectivity index (χ2n) is 3.94. The zero-order chi connectivity index (χ0) is 13.8. The lowest BCUT2D eigenvalue weighted by Gasteiger charge is -2.08. The van der Waals surface area contributed by atoms with Crippen LogP contribution >= 0.6 is 0 Å². The molecule has 0 radical (unpaired) electrons. The summed E-state index contributed by atoms with van der Waals surface area (Å²) in [5.41, 5.74) is -0.0302. The molecule has 0 saturated carbocycles. The zero-order valence-corrected chi connectivity index (χ0v) is 9.44. The van der Waals surface area contributed by atoms with Crippen molar-refractivity contribution in [2.75, 3.05) is 0 Å². The van der Waals surface area contributed by atoms with E-state index in [9.17, 15) is 18.0 Å². The van der Waals surface area contributed by atoms with Crippen molar-refractivity contribution in [2.24, 2.45) is 0 Å². The first-order valence-electron chi connectivity index (χ1n) is 5.37. The summed E-state index contributed by atoms with van der Waals surface area (Å²) in [5, 5.41) is 17.4. The Bertz CT molecular complexity index is 398. The van der Waals surface area contributed by atoms with Gasteiger partial charge in [-0.1, -0.05) is 12.1 Å². The highest BCUT2D eigenvalue weighted by Gasteiger charge is 2.29. The molecule has 0 aliphatic heterocycles. The molecule has 6 heteroatoms. The van der Waals surface area contributed by atoms with E-state index >= 15 is 0 Å². The Morgan fingerprint density at radius 1 is 1.22 bits per heavy atom. The maximum absolute atomic E-state index is 12.3. The zero-order valence-electron chi connectivity index (χ0n) is 9.44. The summed E-state index contributed by atoms with van der Waals surface area (Å²) in [6.45, 7) is 0. The van der Waals surface area contributed by atoms with Crippen LogP contribution in [0.5, 0.6) is 0 Å². The average molecular weight is 262 g/mol. The number of aliphatic carboxylic acids is 1. The van der Waals surface area contributed by atoms with Crippen LogP contribution in [0.2, 0.25) is 0 Å². The molecule has 2 N–H and O–H groups in total. The summed E-state index contributed by atoms with van der Waals surface area (Å²) < 4.78 is 36.8. The Morgan fingerprint density at radius 3 is 2.22 bits per heavy atom. The van der Waals surface area contributed by atoms with Crippen molar-refractivity contribution in [3.63, 3.8) is 0 Å². The lowest BCUT2D eigenvalue weighted by atomic mass is 10.0. The van der Waals surface area contributed by atoms with Gasteiger partial charge in [-0.05, 0) is 37.0 Å². The highest BCUT2D eigenvalue weighted by molar-refractivity contribution is 5.71. The second kappa shape index (κ2) is 5.86. The predicted molar refractivity (Wildman–Crippen MR) is 58.0 cm³/mol. The number of carbonyl (C=O) groups is 1. The summed E-state index contributed by atoms with van der Waals surface area (Å²) in [6, 6.07) is 4.69. The Balaban J connectivity index is 2.47. The molecule has 0 aliphatic rings. The first-order chi connectivity index (χ1) is 8.30. The molecule has 0 amide bonds. The van der Waals surface area contributed by atoms with E-state index in [1.165, 1.54) is 12.1 Å². The molecule has 0 spiro atoms. The number of hydrogen-bond donors (Lipinski definition) is 2. The molecule has 0 bridgehead atoms. The molecule has 3 nitrogen and oxygen atoms in total. The number of rotatable bonds is 5. The summed E-state index contributed by atoms with van der Waals surface area (Å²) in [7, 11) is 0. The van der Waals surface area contributed by atoms with Gasteiger partial charge in [-0.15, -0.1) is 0 Å². The third kappa shape index (κ3) is 4.37. The van der Waals surface area contributed by atoms with Gasteiger partial charge in [-0.3, -0.25) is 0 Å². The van der Waals surface area contributed by atoms with Crippen molar-refractivity contribution in [3.8, 4) is 0 Å². The van der Waals surface area contributed by atoms with E-state index in [0.29, 0.717) is 18.4 Å². The summed E-state index contributed by atoms with van der Waals surface area (Å²) in [4.78, 5) is 10.3. The molecule has 1 unspecified atom stereocenters. The molecule has 100 valence electrons. The number of aliphatic hydroxyl groups is 1. The molecule has 0 saturated heterocycles. The number of aliphatic hydroxyl groups excluding tert-OH is 1. The van der Waals surface area contributed by atoms with Gasteiger partial charge in [0, 0.05) is 0 Å². The molecule has 0 heterocycles. The van der Waals surface area contributed by atoms with Crippen molar-refractivity contribution in [3.05, 3.63) is 35.4 Å².